The summed E-state index contributed by atoms with van der Waals surface area (Å²) in [6.45, 7) is 0. The third-order valence-corrected chi connectivity index (χ3v) is 2.06. The Morgan fingerprint density at radius 1 is 1.62 bits per heavy atom. The number of rotatable bonds is 2. The van der Waals surface area contributed by atoms with Gasteiger partial charge in [-0.2, -0.15) is 0 Å². The fourth-order valence-electron chi connectivity index (χ4n) is 1.32. The van der Waals surface area contributed by atoms with E-state index in [1.807, 2.05) is 0 Å². The van der Waals surface area contributed by atoms with Gasteiger partial charge in [-0.3, -0.25) is 19.3 Å². The maximum Gasteiger partial charge on any atom is 0.315 e. The first kappa shape index (κ1) is 10.0. The van der Waals surface area contributed by atoms with Gasteiger partial charge in [0.2, 0.25) is 5.65 Å². The largest absolute Gasteiger partial charge is 0.355 e. The van der Waals surface area contributed by atoms with E-state index in [0.717, 1.165) is 0 Å². The van der Waals surface area contributed by atoms with Gasteiger partial charge in [-0.05, 0) is 0 Å². The van der Waals surface area contributed by atoms with Crippen LogP contribution in [0.3, 0.4) is 0 Å². The predicted molar refractivity (Wildman–Crippen MR) is 53.0 cm³/mol. The Morgan fingerprint density at radius 2 is 2.38 bits per heavy atom. The molecule has 0 aromatic carbocycles. The maximum atomic E-state index is 11.4. The SMILES string of the molecule is CNC(=O)c1cc([N+](=O)[O-])c2nncn2c1. The minimum atomic E-state index is -0.601. The normalized spacial score (nSPS) is 10.3. The van der Waals surface area contributed by atoms with Gasteiger partial charge in [-0.1, -0.05) is 0 Å². The van der Waals surface area contributed by atoms with E-state index < -0.39 is 10.8 Å². The average molecular weight is 221 g/mol. The molecule has 0 unspecified atom stereocenters. The van der Waals surface area contributed by atoms with Crippen molar-refractivity contribution in [2.24, 2.45) is 0 Å². The summed E-state index contributed by atoms with van der Waals surface area (Å²) in [5.74, 6) is -0.404. The van der Waals surface area contributed by atoms with Crippen LogP contribution in [0, 0.1) is 10.1 Å². The Kier molecular flexibility index (Phi) is 2.24. The highest BCUT2D eigenvalue weighted by Crippen LogP contribution is 2.19. The van der Waals surface area contributed by atoms with Crippen LogP contribution in [-0.4, -0.2) is 32.5 Å². The van der Waals surface area contributed by atoms with Crippen molar-refractivity contribution < 1.29 is 9.72 Å². The molecule has 0 spiro atoms. The minimum Gasteiger partial charge on any atom is -0.355 e. The van der Waals surface area contributed by atoms with Crippen LogP contribution in [0.2, 0.25) is 0 Å². The molecule has 0 aliphatic rings. The van der Waals surface area contributed by atoms with Gasteiger partial charge in [-0.25, -0.2) is 0 Å². The van der Waals surface area contributed by atoms with E-state index in [4.69, 9.17) is 0 Å². The highest BCUT2D eigenvalue weighted by atomic mass is 16.6. The molecule has 16 heavy (non-hydrogen) atoms. The molecule has 1 N–H and O–H groups in total. The van der Waals surface area contributed by atoms with Gasteiger partial charge < -0.3 is 5.32 Å². The van der Waals surface area contributed by atoms with Gasteiger partial charge in [0, 0.05) is 19.3 Å². The van der Waals surface area contributed by atoms with E-state index in [0.29, 0.717) is 0 Å². The lowest BCUT2D eigenvalue weighted by molar-refractivity contribution is -0.383. The first-order chi connectivity index (χ1) is 7.63. The van der Waals surface area contributed by atoms with E-state index >= 15 is 0 Å². The Bertz CT molecular complexity index is 576. The highest BCUT2D eigenvalue weighted by molar-refractivity contribution is 5.95. The number of nitrogens with zero attached hydrogens (tertiary/aromatic N) is 4. The van der Waals surface area contributed by atoms with Crippen molar-refractivity contribution in [3.63, 3.8) is 0 Å². The molecule has 0 radical (unpaired) electrons. The van der Waals surface area contributed by atoms with Crippen LogP contribution in [-0.2, 0) is 0 Å². The standard InChI is InChI=1S/C8H7N5O3/c1-9-8(14)5-2-6(13(15)16)7-11-10-4-12(7)3-5/h2-4H,1H3,(H,9,14). The molecule has 0 aliphatic carbocycles. The Hall–Kier alpha value is -2.51. The Morgan fingerprint density at radius 3 is 3.00 bits per heavy atom. The molecule has 0 aliphatic heterocycles. The zero-order valence-electron chi connectivity index (χ0n) is 8.25. The molecule has 2 heterocycles. The van der Waals surface area contributed by atoms with Crippen molar-refractivity contribution in [2.45, 2.75) is 0 Å². The van der Waals surface area contributed by atoms with Gasteiger partial charge >= 0.3 is 5.69 Å². The summed E-state index contributed by atoms with van der Waals surface area (Å²) in [4.78, 5) is 21.5. The minimum absolute atomic E-state index is 0.109. The zero-order valence-corrected chi connectivity index (χ0v) is 8.25. The summed E-state index contributed by atoms with van der Waals surface area (Å²) in [6, 6.07) is 1.17. The fourth-order valence-corrected chi connectivity index (χ4v) is 1.32. The van der Waals surface area contributed by atoms with E-state index in [-0.39, 0.29) is 16.9 Å². The van der Waals surface area contributed by atoms with Gasteiger partial charge in [0.25, 0.3) is 5.91 Å². The molecule has 1 amide bonds. The molecule has 8 heteroatoms. The topological polar surface area (TPSA) is 102 Å². The number of nitrogens with one attached hydrogen (secondary N) is 1. The lowest BCUT2D eigenvalue weighted by Crippen LogP contribution is -2.18. The zero-order chi connectivity index (χ0) is 11.7. The smallest absolute Gasteiger partial charge is 0.315 e. The van der Waals surface area contributed by atoms with Gasteiger partial charge in [0.05, 0.1) is 10.5 Å². The monoisotopic (exact) mass is 221 g/mol. The molecule has 0 atom stereocenters. The van der Waals surface area contributed by atoms with Crippen molar-refractivity contribution in [2.75, 3.05) is 7.05 Å². The fraction of sp³-hybridized carbons (Fsp3) is 0.125. The van der Waals surface area contributed by atoms with Crippen LogP contribution in [0.5, 0.6) is 0 Å². The first-order valence-corrected chi connectivity index (χ1v) is 4.33. The average Bonchev–Trinajstić information content (AvgIpc) is 2.74. The van der Waals surface area contributed by atoms with Crippen LogP contribution in [0.4, 0.5) is 5.69 Å². The second-order valence-electron chi connectivity index (χ2n) is 3.01. The molecule has 82 valence electrons. The number of fused-ring (bicyclic) bond motifs is 1. The maximum absolute atomic E-state index is 11.4. The van der Waals surface area contributed by atoms with Crippen LogP contribution >= 0.6 is 0 Å². The van der Waals surface area contributed by atoms with Crippen LogP contribution < -0.4 is 5.32 Å². The van der Waals surface area contributed by atoms with Crippen molar-refractivity contribution >= 4 is 17.2 Å². The van der Waals surface area contributed by atoms with E-state index in [1.54, 1.807) is 0 Å². The number of pyridine rings is 1. The van der Waals surface area contributed by atoms with Gasteiger partial charge in [-0.15, -0.1) is 10.2 Å². The number of aromatic nitrogens is 3. The second kappa shape index (κ2) is 3.57. The molecular formula is C8H7N5O3. The molecule has 0 saturated heterocycles. The van der Waals surface area contributed by atoms with Crippen molar-refractivity contribution in [3.05, 3.63) is 34.3 Å². The molecule has 0 saturated carbocycles. The summed E-state index contributed by atoms with van der Waals surface area (Å²) in [6.07, 6.45) is 2.73. The van der Waals surface area contributed by atoms with Crippen LogP contribution in [0.15, 0.2) is 18.6 Å². The van der Waals surface area contributed by atoms with Crippen molar-refractivity contribution in [1.82, 2.24) is 19.9 Å². The van der Waals surface area contributed by atoms with E-state index in [9.17, 15) is 14.9 Å². The Balaban J connectivity index is 2.71. The summed E-state index contributed by atoms with van der Waals surface area (Å²) in [5.41, 5.74) is 0.0396. The van der Waals surface area contributed by atoms with Crippen LogP contribution in [0.25, 0.3) is 5.65 Å². The molecule has 8 nitrogen and oxygen atoms in total. The summed E-state index contributed by atoms with van der Waals surface area (Å²) in [7, 11) is 1.45. The molecule has 2 aromatic rings. The lowest BCUT2D eigenvalue weighted by atomic mass is 10.2. The third kappa shape index (κ3) is 1.45. The number of amides is 1. The third-order valence-electron chi connectivity index (χ3n) is 2.06. The molecule has 2 aromatic heterocycles. The van der Waals surface area contributed by atoms with E-state index in [1.165, 1.54) is 30.0 Å². The van der Waals surface area contributed by atoms with Crippen molar-refractivity contribution in [3.8, 4) is 0 Å². The predicted octanol–water partition coefficient (Wildman–Crippen LogP) is -0.00290. The van der Waals surface area contributed by atoms with Crippen LogP contribution in [0.1, 0.15) is 10.4 Å². The summed E-state index contributed by atoms with van der Waals surface area (Å²) < 4.78 is 1.34. The van der Waals surface area contributed by atoms with Gasteiger partial charge in [0.15, 0.2) is 0 Å². The summed E-state index contributed by atoms with van der Waals surface area (Å²) in [5, 5.41) is 20.3. The van der Waals surface area contributed by atoms with Crippen molar-refractivity contribution in [1.29, 1.82) is 0 Å². The molecule has 2 rings (SSSR count). The molecular weight excluding hydrogens is 214 g/mol. The number of nitro groups is 1. The lowest BCUT2D eigenvalue weighted by Gasteiger charge is -2.01. The Labute approximate surface area is 89.1 Å². The number of hydrogen-bond acceptors (Lipinski definition) is 5. The van der Waals surface area contributed by atoms with E-state index in [2.05, 4.69) is 15.5 Å². The van der Waals surface area contributed by atoms with Gasteiger partial charge in [0.1, 0.15) is 6.33 Å². The molecule has 0 bridgehead atoms. The first-order valence-electron chi connectivity index (χ1n) is 4.33. The number of hydrogen-bond donors (Lipinski definition) is 1. The molecule has 0 fully saturated rings. The highest BCUT2D eigenvalue weighted by Gasteiger charge is 2.18. The number of carbonyl (C=O) groups is 1. The second-order valence-corrected chi connectivity index (χ2v) is 3.01. The number of carbonyl (C=O) groups excluding carboxylic acids is 1. The quantitative estimate of drug-likeness (QED) is 0.567. The summed E-state index contributed by atoms with van der Waals surface area (Å²) >= 11 is 0.